The predicted octanol–water partition coefficient (Wildman–Crippen LogP) is 1.94. The first kappa shape index (κ1) is 14.2. The van der Waals surface area contributed by atoms with E-state index in [0.29, 0.717) is 11.9 Å². The van der Waals surface area contributed by atoms with Gasteiger partial charge in [-0.15, -0.1) is 0 Å². The summed E-state index contributed by atoms with van der Waals surface area (Å²) in [6.07, 6.45) is 0. The smallest absolute Gasteiger partial charge is 0.276 e. The summed E-state index contributed by atoms with van der Waals surface area (Å²) in [6, 6.07) is 7.19. The van der Waals surface area contributed by atoms with Crippen molar-refractivity contribution >= 4 is 16.8 Å². The van der Waals surface area contributed by atoms with E-state index in [1.165, 1.54) is 0 Å². The second-order valence-corrected chi connectivity index (χ2v) is 5.71. The van der Waals surface area contributed by atoms with E-state index >= 15 is 0 Å². The molecule has 106 valence electrons. The van der Waals surface area contributed by atoms with Crippen molar-refractivity contribution in [3.8, 4) is 0 Å². The Morgan fingerprint density at radius 3 is 2.55 bits per heavy atom. The number of rotatable bonds is 2. The Bertz CT molecular complexity index is 711. The van der Waals surface area contributed by atoms with E-state index in [0.717, 1.165) is 5.52 Å². The Hall–Kier alpha value is -2.17. The van der Waals surface area contributed by atoms with E-state index < -0.39 is 11.4 Å². The summed E-state index contributed by atoms with van der Waals surface area (Å²) >= 11 is 0. The lowest BCUT2D eigenvalue weighted by molar-refractivity contribution is 0.0911. The zero-order valence-electron chi connectivity index (χ0n) is 12.2. The van der Waals surface area contributed by atoms with E-state index in [1.807, 2.05) is 39.8 Å². The maximum atomic E-state index is 12.4. The first-order chi connectivity index (χ1) is 9.33. The van der Waals surface area contributed by atoms with Crippen LogP contribution in [0.5, 0.6) is 0 Å². The first-order valence-corrected chi connectivity index (χ1v) is 6.66. The highest BCUT2D eigenvalue weighted by molar-refractivity contribution is 5.95. The van der Waals surface area contributed by atoms with Gasteiger partial charge in [0.05, 0.1) is 5.52 Å². The largest absolute Gasteiger partial charge is 0.346 e. The average molecular weight is 273 g/mol. The van der Waals surface area contributed by atoms with Gasteiger partial charge in [0.2, 0.25) is 5.43 Å². The predicted molar refractivity (Wildman–Crippen MR) is 78.9 cm³/mol. The Kier molecular flexibility index (Phi) is 3.61. The summed E-state index contributed by atoms with van der Waals surface area (Å²) < 4.78 is 1.67. The molecule has 1 aromatic heterocycles. The molecular formula is C15H19N3O2. The van der Waals surface area contributed by atoms with Crippen LogP contribution >= 0.6 is 0 Å². The van der Waals surface area contributed by atoms with Crippen molar-refractivity contribution < 1.29 is 4.79 Å². The molecule has 5 nitrogen and oxygen atoms in total. The molecule has 0 bridgehead atoms. The zero-order valence-corrected chi connectivity index (χ0v) is 12.2. The van der Waals surface area contributed by atoms with Crippen molar-refractivity contribution in [2.75, 3.05) is 0 Å². The highest BCUT2D eigenvalue weighted by Crippen LogP contribution is 2.10. The van der Waals surface area contributed by atoms with Crippen molar-refractivity contribution in [3.05, 3.63) is 40.2 Å². The molecule has 1 heterocycles. The van der Waals surface area contributed by atoms with E-state index in [4.69, 9.17) is 0 Å². The first-order valence-electron chi connectivity index (χ1n) is 6.66. The Balaban J connectivity index is 2.63. The van der Waals surface area contributed by atoms with Crippen LogP contribution in [0.2, 0.25) is 0 Å². The van der Waals surface area contributed by atoms with Gasteiger partial charge < -0.3 is 5.32 Å². The number of carbonyl (C=O) groups excluding carboxylic acids is 1. The summed E-state index contributed by atoms with van der Waals surface area (Å²) in [4.78, 5) is 24.6. The molecule has 0 fully saturated rings. The molecule has 5 heteroatoms. The van der Waals surface area contributed by atoms with Crippen LogP contribution in [-0.2, 0) is 6.54 Å². The van der Waals surface area contributed by atoms with Gasteiger partial charge in [-0.25, -0.2) is 0 Å². The molecule has 0 atom stereocenters. The van der Waals surface area contributed by atoms with Gasteiger partial charge in [-0.2, -0.15) is 5.10 Å². The molecule has 1 amide bonds. The molecule has 0 saturated heterocycles. The van der Waals surface area contributed by atoms with Gasteiger partial charge in [-0.3, -0.25) is 14.3 Å². The van der Waals surface area contributed by atoms with Crippen LogP contribution in [0.4, 0.5) is 0 Å². The number of fused-ring (bicyclic) bond motifs is 1. The highest BCUT2D eigenvalue weighted by Gasteiger charge is 2.21. The third-order valence-electron chi connectivity index (χ3n) is 2.87. The molecule has 1 N–H and O–H groups in total. The summed E-state index contributed by atoms with van der Waals surface area (Å²) in [5.74, 6) is -0.435. The number of amides is 1. The quantitative estimate of drug-likeness (QED) is 0.909. The second-order valence-electron chi connectivity index (χ2n) is 5.71. The van der Waals surface area contributed by atoms with Crippen LogP contribution in [-0.4, -0.2) is 21.2 Å². The van der Waals surface area contributed by atoms with Gasteiger partial charge in [0, 0.05) is 17.5 Å². The molecule has 0 radical (unpaired) electrons. The number of hydrogen-bond acceptors (Lipinski definition) is 3. The zero-order chi connectivity index (χ0) is 14.9. The Labute approximate surface area is 117 Å². The lowest BCUT2D eigenvalue weighted by atomic mass is 10.1. The molecule has 2 rings (SSSR count). The molecule has 20 heavy (non-hydrogen) atoms. The van der Waals surface area contributed by atoms with Crippen LogP contribution < -0.4 is 10.7 Å². The van der Waals surface area contributed by atoms with Gasteiger partial charge in [-0.05, 0) is 39.8 Å². The number of aryl methyl sites for hydroxylation is 1. The number of para-hydroxylation sites is 1. The van der Waals surface area contributed by atoms with Crippen LogP contribution in [0.15, 0.2) is 29.1 Å². The maximum absolute atomic E-state index is 12.4. The van der Waals surface area contributed by atoms with Crippen LogP contribution in [0.25, 0.3) is 10.9 Å². The average Bonchev–Trinajstić information content (AvgIpc) is 2.37. The molecule has 0 saturated carbocycles. The number of carbonyl (C=O) groups is 1. The molecule has 0 spiro atoms. The Morgan fingerprint density at radius 1 is 1.30 bits per heavy atom. The molecule has 0 aliphatic carbocycles. The third kappa shape index (κ3) is 2.71. The SMILES string of the molecule is CCn1nc(C(=O)NC(C)(C)C)c(=O)c2ccccc21. The topological polar surface area (TPSA) is 64.0 Å². The minimum Gasteiger partial charge on any atom is -0.346 e. The summed E-state index contributed by atoms with van der Waals surface area (Å²) in [7, 11) is 0. The van der Waals surface area contributed by atoms with Gasteiger partial charge in [0.15, 0.2) is 5.69 Å². The molecule has 2 aromatic rings. The lowest BCUT2D eigenvalue weighted by Gasteiger charge is -2.20. The highest BCUT2D eigenvalue weighted by atomic mass is 16.2. The standard InChI is InChI=1S/C15H19N3O2/c1-5-18-11-9-7-6-8-10(11)13(19)12(17-18)14(20)16-15(2,3)4/h6-9H,5H2,1-4H3,(H,16,20). The van der Waals surface area contributed by atoms with Gasteiger partial charge >= 0.3 is 0 Å². The molecule has 0 aliphatic rings. The fourth-order valence-corrected chi connectivity index (χ4v) is 2.03. The minimum atomic E-state index is -0.435. The molecule has 0 unspecified atom stereocenters. The third-order valence-corrected chi connectivity index (χ3v) is 2.87. The lowest BCUT2D eigenvalue weighted by Crippen LogP contribution is -2.43. The van der Waals surface area contributed by atoms with E-state index in [2.05, 4.69) is 10.4 Å². The van der Waals surface area contributed by atoms with Gasteiger partial charge in [-0.1, -0.05) is 12.1 Å². The van der Waals surface area contributed by atoms with Crippen LogP contribution in [0, 0.1) is 0 Å². The molecule has 0 aliphatic heterocycles. The number of benzene rings is 1. The van der Waals surface area contributed by atoms with E-state index in [-0.39, 0.29) is 11.1 Å². The summed E-state index contributed by atoms with van der Waals surface area (Å²) in [5.41, 5.74) is -0.0479. The van der Waals surface area contributed by atoms with Crippen molar-refractivity contribution in [2.45, 2.75) is 39.8 Å². The van der Waals surface area contributed by atoms with Gasteiger partial charge in [0.25, 0.3) is 5.91 Å². The Morgan fingerprint density at radius 2 is 1.95 bits per heavy atom. The van der Waals surface area contributed by atoms with Crippen molar-refractivity contribution in [3.63, 3.8) is 0 Å². The van der Waals surface area contributed by atoms with Crippen molar-refractivity contribution in [2.24, 2.45) is 0 Å². The number of aromatic nitrogens is 2. The summed E-state index contributed by atoms with van der Waals surface area (Å²) in [6.45, 7) is 8.12. The summed E-state index contributed by atoms with van der Waals surface area (Å²) in [5, 5.41) is 7.49. The van der Waals surface area contributed by atoms with Crippen molar-refractivity contribution in [1.29, 1.82) is 0 Å². The van der Waals surface area contributed by atoms with Crippen LogP contribution in [0.1, 0.15) is 38.2 Å². The minimum absolute atomic E-state index is 0.0551. The van der Waals surface area contributed by atoms with Gasteiger partial charge in [0.1, 0.15) is 0 Å². The number of nitrogens with one attached hydrogen (secondary N) is 1. The van der Waals surface area contributed by atoms with E-state index in [1.54, 1.807) is 16.8 Å². The van der Waals surface area contributed by atoms with E-state index in [9.17, 15) is 9.59 Å². The fourth-order valence-electron chi connectivity index (χ4n) is 2.03. The number of nitrogens with zero attached hydrogens (tertiary/aromatic N) is 2. The second kappa shape index (κ2) is 5.07. The molecule has 1 aromatic carbocycles. The molecular weight excluding hydrogens is 254 g/mol. The normalized spacial score (nSPS) is 11.6. The fraction of sp³-hybridized carbons (Fsp3) is 0.400. The van der Waals surface area contributed by atoms with Crippen molar-refractivity contribution in [1.82, 2.24) is 15.1 Å². The number of hydrogen-bond donors (Lipinski definition) is 1. The van der Waals surface area contributed by atoms with Crippen LogP contribution in [0.3, 0.4) is 0 Å². The monoisotopic (exact) mass is 273 g/mol. The maximum Gasteiger partial charge on any atom is 0.276 e.